The number of benzene rings is 1. The number of nitrogens with one attached hydrogen (secondary N) is 1. The van der Waals surface area contributed by atoms with E-state index in [0.717, 1.165) is 11.3 Å². The number of aromatic amines is 1. The molecule has 0 unspecified atom stereocenters. The highest BCUT2D eigenvalue weighted by molar-refractivity contribution is 5.59. The monoisotopic (exact) mass is 305 g/mol. The molecule has 2 aromatic rings. The second-order valence-electron chi connectivity index (χ2n) is 5.44. The van der Waals surface area contributed by atoms with Crippen LogP contribution in [0.25, 0.3) is 11.3 Å². The molecule has 6 heteroatoms. The molecule has 5 N–H and O–H groups in total. The molecule has 2 heterocycles. The number of hydrogen-bond acceptors (Lipinski definition) is 5. The van der Waals surface area contributed by atoms with Gasteiger partial charge in [0.15, 0.2) is 0 Å². The molecule has 5 atom stereocenters. The molecule has 1 saturated heterocycles. The van der Waals surface area contributed by atoms with Crippen molar-refractivity contribution >= 4 is 0 Å². The van der Waals surface area contributed by atoms with Crippen molar-refractivity contribution in [3.8, 4) is 11.3 Å². The zero-order chi connectivity index (χ0) is 15.7. The van der Waals surface area contributed by atoms with Crippen molar-refractivity contribution in [2.75, 3.05) is 6.61 Å². The van der Waals surface area contributed by atoms with Crippen molar-refractivity contribution in [2.45, 2.75) is 30.5 Å². The molecule has 0 bridgehead atoms. The Hall–Kier alpha value is -1.70. The Morgan fingerprint density at radius 1 is 0.909 bits per heavy atom. The van der Waals surface area contributed by atoms with E-state index >= 15 is 0 Å². The minimum Gasteiger partial charge on any atom is -0.394 e. The van der Waals surface area contributed by atoms with Gasteiger partial charge in [0.25, 0.3) is 0 Å². The zero-order valence-electron chi connectivity index (χ0n) is 11.8. The molecule has 22 heavy (non-hydrogen) atoms. The standard InChI is InChI=1S/C16H19NO5/c18-8-12-13(19)14(20)15(21)16(22-12)11-7-6-10(17-11)9-4-2-1-3-5-9/h1-7,12-21H,8H2/t12-,13-,14+,15-,16+/m1/s1. The Bertz CT molecular complexity index is 612. The van der Waals surface area contributed by atoms with Gasteiger partial charge in [0.2, 0.25) is 0 Å². The fraction of sp³-hybridized carbons (Fsp3) is 0.375. The Balaban J connectivity index is 1.86. The van der Waals surface area contributed by atoms with E-state index in [4.69, 9.17) is 4.74 Å². The summed E-state index contributed by atoms with van der Waals surface area (Å²) in [7, 11) is 0. The summed E-state index contributed by atoms with van der Waals surface area (Å²) in [6.07, 6.45) is -5.75. The normalized spacial score (nSPS) is 32.1. The second-order valence-corrected chi connectivity index (χ2v) is 5.44. The van der Waals surface area contributed by atoms with Crippen LogP contribution in [0.3, 0.4) is 0 Å². The molecule has 6 nitrogen and oxygen atoms in total. The van der Waals surface area contributed by atoms with E-state index in [1.807, 2.05) is 36.4 Å². The average molecular weight is 305 g/mol. The first-order valence-electron chi connectivity index (χ1n) is 7.16. The van der Waals surface area contributed by atoms with Crippen molar-refractivity contribution in [1.82, 2.24) is 4.98 Å². The lowest BCUT2D eigenvalue weighted by Crippen LogP contribution is -2.55. The summed E-state index contributed by atoms with van der Waals surface area (Å²) in [4.78, 5) is 3.15. The van der Waals surface area contributed by atoms with Crippen molar-refractivity contribution in [1.29, 1.82) is 0 Å². The minimum absolute atomic E-state index is 0.437. The van der Waals surface area contributed by atoms with E-state index in [1.54, 1.807) is 6.07 Å². The molecule has 0 radical (unpaired) electrons. The average Bonchev–Trinajstić information content (AvgIpc) is 3.04. The summed E-state index contributed by atoms with van der Waals surface area (Å²) >= 11 is 0. The number of aliphatic hydroxyl groups excluding tert-OH is 4. The highest BCUT2D eigenvalue weighted by Crippen LogP contribution is 2.33. The Morgan fingerprint density at radius 3 is 2.32 bits per heavy atom. The second kappa shape index (κ2) is 6.20. The van der Waals surface area contributed by atoms with Gasteiger partial charge in [-0.25, -0.2) is 0 Å². The predicted molar refractivity (Wildman–Crippen MR) is 78.9 cm³/mol. The summed E-state index contributed by atoms with van der Waals surface area (Å²) in [5.41, 5.74) is 2.42. The van der Waals surface area contributed by atoms with Crippen LogP contribution in [0.1, 0.15) is 11.8 Å². The quantitative estimate of drug-likeness (QED) is 0.557. The topological polar surface area (TPSA) is 106 Å². The van der Waals surface area contributed by atoms with E-state index in [1.165, 1.54) is 0 Å². The molecular formula is C16H19NO5. The number of hydrogen-bond donors (Lipinski definition) is 5. The molecule has 1 aliphatic rings. The molecule has 0 amide bonds. The van der Waals surface area contributed by atoms with Crippen molar-refractivity contribution in [3.05, 3.63) is 48.2 Å². The van der Waals surface area contributed by atoms with E-state index in [-0.39, 0.29) is 0 Å². The lowest BCUT2D eigenvalue weighted by Gasteiger charge is -2.39. The summed E-state index contributed by atoms with van der Waals surface area (Å²) < 4.78 is 5.52. The molecule has 0 spiro atoms. The number of aliphatic hydroxyl groups is 4. The van der Waals surface area contributed by atoms with E-state index in [2.05, 4.69) is 4.98 Å². The van der Waals surface area contributed by atoms with E-state index < -0.39 is 37.1 Å². The zero-order valence-corrected chi connectivity index (χ0v) is 11.8. The van der Waals surface area contributed by atoms with Gasteiger partial charge in [-0.15, -0.1) is 0 Å². The van der Waals surface area contributed by atoms with Gasteiger partial charge in [-0.05, 0) is 17.7 Å². The molecule has 118 valence electrons. The van der Waals surface area contributed by atoms with Gasteiger partial charge in [0, 0.05) is 11.4 Å². The maximum atomic E-state index is 10.1. The summed E-state index contributed by atoms with van der Waals surface area (Å²) in [5, 5.41) is 39.0. The van der Waals surface area contributed by atoms with E-state index in [0.29, 0.717) is 5.69 Å². The van der Waals surface area contributed by atoms with Gasteiger partial charge < -0.3 is 30.1 Å². The SMILES string of the molecule is OC[C@H]1O[C@@H](c2ccc(-c3ccccc3)[nH]2)[C@H](O)[C@@H](O)[C@@H]1O. The first kappa shape index (κ1) is 15.2. The predicted octanol–water partition coefficient (Wildman–Crippen LogP) is 0.197. The molecule has 1 aromatic carbocycles. The number of H-pyrrole nitrogens is 1. The third-order valence-corrected chi connectivity index (χ3v) is 3.99. The first-order valence-corrected chi connectivity index (χ1v) is 7.16. The van der Waals surface area contributed by atoms with Crippen LogP contribution in [0, 0.1) is 0 Å². The molecule has 0 saturated carbocycles. The largest absolute Gasteiger partial charge is 0.394 e. The smallest absolute Gasteiger partial charge is 0.126 e. The van der Waals surface area contributed by atoms with Crippen molar-refractivity contribution in [2.24, 2.45) is 0 Å². The summed E-state index contributed by atoms with van der Waals surface area (Å²) in [6.45, 7) is -0.437. The number of rotatable bonds is 3. The lowest BCUT2D eigenvalue weighted by atomic mass is 9.94. The Labute approximate surface area is 127 Å². The van der Waals surface area contributed by atoms with Crippen LogP contribution in [-0.4, -0.2) is 56.4 Å². The van der Waals surface area contributed by atoms with Gasteiger partial charge >= 0.3 is 0 Å². The van der Waals surface area contributed by atoms with Gasteiger partial charge in [-0.2, -0.15) is 0 Å². The fourth-order valence-electron chi connectivity index (χ4n) is 2.72. The maximum absolute atomic E-state index is 10.1. The van der Waals surface area contributed by atoms with Crippen LogP contribution < -0.4 is 0 Å². The van der Waals surface area contributed by atoms with E-state index in [9.17, 15) is 20.4 Å². The Morgan fingerprint density at radius 2 is 1.64 bits per heavy atom. The number of aromatic nitrogens is 1. The third-order valence-electron chi connectivity index (χ3n) is 3.99. The van der Waals surface area contributed by atoms with Crippen LogP contribution in [0.4, 0.5) is 0 Å². The number of ether oxygens (including phenoxy) is 1. The maximum Gasteiger partial charge on any atom is 0.126 e. The van der Waals surface area contributed by atoms with Crippen LogP contribution in [0.15, 0.2) is 42.5 Å². The van der Waals surface area contributed by atoms with Gasteiger partial charge in [-0.1, -0.05) is 30.3 Å². The van der Waals surface area contributed by atoms with Crippen LogP contribution in [0.5, 0.6) is 0 Å². The summed E-state index contributed by atoms with van der Waals surface area (Å²) in [6, 6.07) is 13.3. The minimum atomic E-state index is -1.38. The Kier molecular flexibility index (Phi) is 4.28. The molecule has 1 aromatic heterocycles. The first-order chi connectivity index (χ1) is 10.6. The van der Waals surface area contributed by atoms with Crippen LogP contribution in [0.2, 0.25) is 0 Å². The lowest BCUT2D eigenvalue weighted by molar-refractivity contribution is -0.232. The molecular weight excluding hydrogens is 286 g/mol. The molecule has 1 fully saturated rings. The summed E-state index contributed by atoms with van der Waals surface area (Å²) in [5.74, 6) is 0. The molecule has 0 aliphatic carbocycles. The molecule has 3 rings (SSSR count). The third kappa shape index (κ3) is 2.67. The molecule has 1 aliphatic heterocycles. The highest BCUT2D eigenvalue weighted by atomic mass is 16.5. The van der Waals surface area contributed by atoms with Crippen LogP contribution >= 0.6 is 0 Å². The van der Waals surface area contributed by atoms with Crippen molar-refractivity contribution in [3.63, 3.8) is 0 Å². The highest BCUT2D eigenvalue weighted by Gasteiger charge is 2.44. The van der Waals surface area contributed by atoms with Crippen molar-refractivity contribution < 1.29 is 25.2 Å². The van der Waals surface area contributed by atoms with Crippen LogP contribution in [-0.2, 0) is 4.74 Å². The van der Waals surface area contributed by atoms with Gasteiger partial charge in [0.05, 0.1) is 6.61 Å². The van der Waals surface area contributed by atoms with Gasteiger partial charge in [0.1, 0.15) is 30.5 Å². The van der Waals surface area contributed by atoms with Gasteiger partial charge in [-0.3, -0.25) is 0 Å². The fourth-order valence-corrected chi connectivity index (χ4v) is 2.72.